The maximum absolute atomic E-state index is 13.1. The van der Waals surface area contributed by atoms with Crippen LogP contribution in [0.2, 0.25) is 0 Å². The molecule has 0 saturated carbocycles. The third kappa shape index (κ3) is 2.24. The van der Waals surface area contributed by atoms with E-state index in [2.05, 4.69) is 20.4 Å². The molecule has 0 aromatic carbocycles. The van der Waals surface area contributed by atoms with E-state index in [1.807, 2.05) is 0 Å². The quantitative estimate of drug-likeness (QED) is 0.877. The van der Waals surface area contributed by atoms with Gasteiger partial charge in [0.25, 0.3) is 0 Å². The van der Waals surface area contributed by atoms with Crippen LogP contribution in [0.15, 0.2) is 23.0 Å². The fourth-order valence-electron chi connectivity index (χ4n) is 2.12. The summed E-state index contributed by atoms with van der Waals surface area (Å²) in [5, 5.41) is 7.17. The van der Waals surface area contributed by atoms with Crippen LogP contribution in [-0.2, 0) is 0 Å². The lowest BCUT2D eigenvalue weighted by Gasteiger charge is -2.18. The monoisotopic (exact) mass is 248 g/mol. The normalized spacial score (nSPS) is 19.9. The van der Waals surface area contributed by atoms with Gasteiger partial charge in [-0.3, -0.25) is 4.98 Å². The molecule has 1 N–H and O–H groups in total. The summed E-state index contributed by atoms with van der Waals surface area (Å²) in [5.41, 5.74) is 0.536. The molecule has 94 valence electrons. The SMILES string of the molecule is Fc1cncc(-c2noc([C@@H]3CCCNC3)n2)c1. The smallest absolute Gasteiger partial charge is 0.231 e. The maximum Gasteiger partial charge on any atom is 0.231 e. The van der Waals surface area contributed by atoms with E-state index in [1.165, 1.54) is 12.3 Å². The highest BCUT2D eigenvalue weighted by Crippen LogP contribution is 2.24. The van der Waals surface area contributed by atoms with E-state index in [1.54, 1.807) is 0 Å². The van der Waals surface area contributed by atoms with Gasteiger partial charge in [0.05, 0.1) is 12.1 Å². The lowest BCUT2D eigenvalue weighted by atomic mass is 10.00. The number of hydrogen-bond acceptors (Lipinski definition) is 5. The Morgan fingerprint density at radius 2 is 2.33 bits per heavy atom. The number of aromatic nitrogens is 3. The molecule has 2 aromatic heterocycles. The van der Waals surface area contributed by atoms with Crippen molar-refractivity contribution in [1.82, 2.24) is 20.4 Å². The van der Waals surface area contributed by atoms with Gasteiger partial charge >= 0.3 is 0 Å². The molecule has 0 amide bonds. The molecule has 0 spiro atoms. The van der Waals surface area contributed by atoms with Gasteiger partial charge < -0.3 is 9.84 Å². The fourth-order valence-corrected chi connectivity index (χ4v) is 2.12. The number of halogens is 1. The predicted molar refractivity (Wildman–Crippen MR) is 62.3 cm³/mol. The maximum atomic E-state index is 13.1. The second-order valence-corrected chi connectivity index (χ2v) is 4.39. The molecule has 3 rings (SSSR count). The first-order valence-corrected chi connectivity index (χ1v) is 5.98. The minimum Gasteiger partial charge on any atom is -0.339 e. The first kappa shape index (κ1) is 11.3. The molecule has 0 radical (unpaired) electrons. The summed E-state index contributed by atoms with van der Waals surface area (Å²) < 4.78 is 18.3. The molecule has 1 fully saturated rings. The number of piperidine rings is 1. The molecule has 18 heavy (non-hydrogen) atoms. The molecule has 1 saturated heterocycles. The van der Waals surface area contributed by atoms with Crippen molar-refractivity contribution in [3.8, 4) is 11.4 Å². The van der Waals surface area contributed by atoms with E-state index in [4.69, 9.17) is 4.52 Å². The van der Waals surface area contributed by atoms with E-state index in [-0.39, 0.29) is 5.92 Å². The van der Waals surface area contributed by atoms with E-state index in [9.17, 15) is 4.39 Å². The topological polar surface area (TPSA) is 63.8 Å². The summed E-state index contributed by atoms with van der Waals surface area (Å²) in [4.78, 5) is 8.09. The van der Waals surface area contributed by atoms with Crippen molar-refractivity contribution >= 4 is 0 Å². The van der Waals surface area contributed by atoms with E-state index in [0.717, 1.165) is 32.1 Å². The first-order valence-electron chi connectivity index (χ1n) is 5.98. The Labute approximate surface area is 103 Å². The highest BCUT2D eigenvalue weighted by atomic mass is 19.1. The number of nitrogens with zero attached hydrogens (tertiary/aromatic N) is 3. The molecule has 3 heterocycles. The zero-order valence-corrected chi connectivity index (χ0v) is 9.77. The van der Waals surface area contributed by atoms with Crippen molar-refractivity contribution in [3.63, 3.8) is 0 Å². The molecular formula is C12H13FN4O. The Bertz CT molecular complexity index is 536. The number of hydrogen-bond donors (Lipinski definition) is 1. The summed E-state index contributed by atoms with van der Waals surface area (Å²) in [7, 11) is 0. The second-order valence-electron chi connectivity index (χ2n) is 4.39. The third-order valence-electron chi connectivity index (χ3n) is 3.05. The Morgan fingerprint density at radius 3 is 3.11 bits per heavy atom. The van der Waals surface area contributed by atoms with Crippen molar-refractivity contribution in [2.75, 3.05) is 13.1 Å². The van der Waals surface area contributed by atoms with Gasteiger partial charge in [0.15, 0.2) is 0 Å². The molecule has 0 aliphatic carbocycles. The Morgan fingerprint density at radius 1 is 1.39 bits per heavy atom. The lowest BCUT2D eigenvalue weighted by molar-refractivity contribution is 0.322. The van der Waals surface area contributed by atoms with Crippen LogP contribution >= 0.6 is 0 Å². The Kier molecular flexibility index (Phi) is 3.02. The average molecular weight is 248 g/mol. The molecule has 1 aliphatic heterocycles. The fraction of sp³-hybridized carbons (Fsp3) is 0.417. The zero-order valence-electron chi connectivity index (χ0n) is 9.77. The van der Waals surface area contributed by atoms with Crippen LogP contribution in [0.25, 0.3) is 11.4 Å². The summed E-state index contributed by atoms with van der Waals surface area (Å²) in [6.07, 6.45) is 4.81. The minimum atomic E-state index is -0.404. The van der Waals surface area contributed by atoms with Crippen molar-refractivity contribution in [2.45, 2.75) is 18.8 Å². The van der Waals surface area contributed by atoms with E-state index in [0.29, 0.717) is 17.3 Å². The van der Waals surface area contributed by atoms with Gasteiger partial charge in [-0.1, -0.05) is 5.16 Å². The molecule has 0 unspecified atom stereocenters. The number of rotatable bonds is 2. The van der Waals surface area contributed by atoms with E-state index < -0.39 is 5.82 Å². The van der Waals surface area contributed by atoms with Gasteiger partial charge in [0, 0.05) is 18.3 Å². The van der Waals surface area contributed by atoms with Crippen LogP contribution in [0.3, 0.4) is 0 Å². The molecule has 0 bridgehead atoms. The van der Waals surface area contributed by atoms with Crippen LogP contribution in [0.1, 0.15) is 24.7 Å². The van der Waals surface area contributed by atoms with Crippen LogP contribution in [0.5, 0.6) is 0 Å². The highest BCUT2D eigenvalue weighted by molar-refractivity contribution is 5.52. The Balaban J connectivity index is 1.84. The van der Waals surface area contributed by atoms with Crippen LogP contribution in [0, 0.1) is 5.82 Å². The summed E-state index contributed by atoms with van der Waals surface area (Å²) in [5.74, 6) is 0.851. The molecule has 1 aliphatic rings. The summed E-state index contributed by atoms with van der Waals surface area (Å²) in [6, 6.07) is 1.35. The van der Waals surface area contributed by atoms with Crippen LogP contribution in [-0.4, -0.2) is 28.2 Å². The van der Waals surface area contributed by atoms with Gasteiger partial charge in [0.2, 0.25) is 11.7 Å². The lowest BCUT2D eigenvalue weighted by Crippen LogP contribution is -2.28. The Hall–Kier alpha value is -1.82. The third-order valence-corrected chi connectivity index (χ3v) is 3.05. The van der Waals surface area contributed by atoms with E-state index >= 15 is 0 Å². The number of pyridine rings is 1. The first-order chi connectivity index (χ1) is 8.83. The van der Waals surface area contributed by atoms with Crippen molar-refractivity contribution in [1.29, 1.82) is 0 Å². The minimum absolute atomic E-state index is 0.251. The largest absolute Gasteiger partial charge is 0.339 e. The molecule has 2 aromatic rings. The van der Waals surface area contributed by atoms with Crippen molar-refractivity contribution in [2.24, 2.45) is 0 Å². The van der Waals surface area contributed by atoms with Gasteiger partial charge in [-0.15, -0.1) is 0 Å². The van der Waals surface area contributed by atoms with Crippen LogP contribution < -0.4 is 5.32 Å². The summed E-state index contributed by atoms with van der Waals surface area (Å²) >= 11 is 0. The van der Waals surface area contributed by atoms with Gasteiger partial charge in [-0.2, -0.15) is 4.98 Å². The summed E-state index contributed by atoms with van der Waals surface area (Å²) in [6.45, 7) is 1.88. The average Bonchev–Trinajstić information content (AvgIpc) is 2.89. The van der Waals surface area contributed by atoms with Crippen molar-refractivity contribution in [3.05, 3.63) is 30.2 Å². The zero-order chi connectivity index (χ0) is 12.4. The molecule has 1 atom stereocenters. The second kappa shape index (κ2) is 4.81. The van der Waals surface area contributed by atoms with Gasteiger partial charge in [-0.05, 0) is 25.5 Å². The molecule has 6 heteroatoms. The molecular weight excluding hydrogens is 235 g/mol. The highest BCUT2D eigenvalue weighted by Gasteiger charge is 2.21. The standard InChI is InChI=1S/C12H13FN4O/c13-10-4-9(6-15-7-10)11-16-12(18-17-11)8-2-1-3-14-5-8/h4,6-8,14H,1-3,5H2/t8-/m1/s1. The van der Waals surface area contributed by atoms with Gasteiger partial charge in [-0.25, -0.2) is 4.39 Å². The van der Waals surface area contributed by atoms with Crippen LogP contribution in [0.4, 0.5) is 4.39 Å². The van der Waals surface area contributed by atoms with Gasteiger partial charge in [0.1, 0.15) is 5.82 Å². The predicted octanol–water partition coefficient (Wildman–Crippen LogP) is 1.74. The van der Waals surface area contributed by atoms with Crippen molar-refractivity contribution < 1.29 is 8.91 Å². The molecule has 5 nitrogen and oxygen atoms in total. The number of nitrogens with one attached hydrogen (secondary N) is 1.